The molecule has 17 heavy (non-hydrogen) atoms. The number of nitrogens with one attached hydrogen (secondary N) is 1. The van der Waals surface area contributed by atoms with Gasteiger partial charge in [0.1, 0.15) is 18.5 Å². The van der Waals surface area contributed by atoms with Crippen molar-refractivity contribution in [2.24, 2.45) is 0 Å². The molecule has 4 heteroatoms. The first-order valence-electron chi connectivity index (χ1n) is 5.80. The smallest absolute Gasteiger partial charge is 0.132 e. The molecular formula is C13H21NO2S. The Morgan fingerprint density at radius 3 is 2.71 bits per heavy atom. The Morgan fingerprint density at radius 2 is 2.06 bits per heavy atom. The van der Waals surface area contributed by atoms with E-state index in [1.54, 1.807) is 11.8 Å². The van der Waals surface area contributed by atoms with Crippen molar-refractivity contribution in [3.63, 3.8) is 0 Å². The Balaban J connectivity index is 2.39. The molecule has 1 aromatic carbocycles. The highest BCUT2D eigenvalue weighted by Gasteiger charge is 2.07. The second-order valence-corrected chi connectivity index (χ2v) is 5.03. The molecule has 3 nitrogen and oxygen atoms in total. The van der Waals surface area contributed by atoms with Gasteiger partial charge >= 0.3 is 0 Å². The molecule has 2 N–H and O–H groups in total. The van der Waals surface area contributed by atoms with Gasteiger partial charge in [-0.25, -0.2) is 0 Å². The Kier molecular flexibility index (Phi) is 6.40. The molecule has 1 aromatic rings. The highest BCUT2D eigenvalue weighted by molar-refractivity contribution is 7.98. The van der Waals surface area contributed by atoms with Crippen molar-refractivity contribution < 1.29 is 9.84 Å². The van der Waals surface area contributed by atoms with E-state index in [2.05, 4.69) is 19.2 Å². The maximum atomic E-state index is 9.73. The van der Waals surface area contributed by atoms with Crippen LogP contribution in [0.15, 0.2) is 29.2 Å². The van der Waals surface area contributed by atoms with Gasteiger partial charge in [-0.2, -0.15) is 0 Å². The number of ether oxygens (including phenoxy) is 1. The predicted octanol–water partition coefficient (Wildman–Crippen LogP) is 2.15. The zero-order valence-electron chi connectivity index (χ0n) is 10.6. The minimum atomic E-state index is -0.479. The van der Waals surface area contributed by atoms with E-state index in [9.17, 15) is 5.11 Å². The molecule has 0 amide bonds. The molecule has 96 valence electrons. The van der Waals surface area contributed by atoms with Crippen molar-refractivity contribution in [2.75, 3.05) is 19.4 Å². The quantitative estimate of drug-likeness (QED) is 0.733. The maximum Gasteiger partial charge on any atom is 0.132 e. The van der Waals surface area contributed by atoms with Crippen LogP contribution in [0.5, 0.6) is 5.75 Å². The van der Waals surface area contributed by atoms with Crippen molar-refractivity contribution >= 4 is 11.8 Å². The summed E-state index contributed by atoms with van der Waals surface area (Å²) >= 11 is 1.64. The van der Waals surface area contributed by atoms with Crippen molar-refractivity contribution in [3.8, 4) is 5.75 Å². The zero-order valence-corrected chi connectivity index (χ0v) is 11.5. The summed E-state index contributed by atoms with van der Waals surface area (Å²) in [4.78, 5) is 1.09. The minimum absolute atomic E-state index is 0.317. The van der Waals surface area contributed by atoms with E-state index < -0.39 is 6.10 Å². The lowest BCUT2D eigenvalue weighted by atomic mass is 10.3. The molecule has 0 aliphatic rings. The number of benzene rings is 1. The van der Waals surface area contributed by atoms with Crippen molar-refractivity contribution in [3.05, 3.63) is 24.3 Å². The van der Waals surface area contributed by atoms with Gasteiger partial charge in [-0.3, -0.25) is 0 Å². The highest BCUT2D eigenvalue weighted by Crippen LogP contribution is 2.26. The van der Waals surface area contributed by atoms with Crippen LogP contribution in [0.25, 0.3) is 0 Å². The van der Waals surface area contributed by atoms with Gasteiger partial charge < -0.3 is 15.2 Å². The molecule has 0 spiro atoms. The summed E-state index contributed by atoms with van der Waals surface area (Å²) in [5.74, 6) is 0.837. The van der Waals surface area contributed by atoms with Gasteiger partial charge in [0, 0.05) is 17.5 Å². The van der Waals surface area contributed by atoms with Crippen LogP contribution in [0.1, 0.15) is 13.8 Å². The predicted molar refractivity (Wildman–Crippen MR) is 72.9 cm³/mol. The minimum Gasteiger partial charge on any atom is -0.490 e. The number of aliphatic hydroxyl groups excluding tert-OH is 1. The number of rotatable bonds is 7. The first kappa shape index (κ1) is 14.4. The number of hydrogen-bond donors (Lipinski definition) is 2. The van der Waals surface area contributed by atoms with Crippen molar-refractivity contribution in [1.29, 1.82) is 0 Å². The van der Waals surface area contributed by atoms with Crippen molar-refractivity contribution in [2.45, 2.75) is 30.9 Å². The van der Waals surface area contributed by atoms with Crippen LogP contribution in [0, 0.1) is 0 Å². The van der Waals surface area contributed by atoms with Crippen LogP contribution in [0.3, 0.4) is 0 Å². The monoisotopic (exact) mass is 255 g/mol. The van der Waals surface area contributed by atoms with Gasteiger partial charge in [0.15, 0.2) is 0 Å². The second-order valence-electron chi connectivity index (χ2n) is 4.18. The average molecular weight is 255 g/mol. The number of thioether (sulfide) groups is 1. The normalized spacial score (nSPS) is 12.8. The van der Waals surface area contributed by atoms with Crippen LogP contribution in [0.2, 0.25) is 0 Å². The summed E-state index contributed by atoms with van der Waals surface area (Å²) in [7, 11) is 0. The fraction of sp³-hybridized carbons (Fsp3) is 0.538. The maximum absolute atomic E-state index is 9.73. The van der Waals surface area contributed by atoms with Crippen LogP contribution in [-0.2, 0) is 0 Å². The van der Waals surface area contributed by atoms with Crippen LogP contribution < -0.4 is 10.1 Å². The molecule has 0 saturated carbocycles. The van der Waals surface area contributed by atoms with E-state index in [4.69, 9.17) is 4.74 Å². The third-order valence-electron chi connectivity index (χ3n) is 2.26. The van der Waals surface area contributed by atoms with E-state index >= 15 is 0 Å². The molecule has 0 bridgehead atoms. The molecule has 0 aliphatic heterocycles. The van der Waals surface area contributed by atoms with Crippen LogP contribution >= 0.6 is 11.8 Å². The Hall–Kier alpha value is -0.710. The Bertz CT molecular complexity index is 331. The summed E-state index contributed by atoms with van der Waals surface area (Å²) in [5.41, 5.74) is 0. The number of aliphatic hydroxyl groups is 1. The lowest BCUT2D eigenvalue weighted by molar-refractivity contribution is 0.103. The topological polar surface area (TPSA) is 41.5 Å². The summed E-state index contributed by atoms with van der Waals surface area (Å²) in [6.07, 6.45) is 1.53. The van der Waals surface area contributed by atoms with Gasteiger partial charge in [-0.15, -0.1) is 11.8 Å². The van der Waals surface area contributed by atoms with E-state index in [0.717, 1.165) is 10.6 Å². The highest BCUT2D eigenvalue weighted by atomic mass is 32.2. The first-order chi connectivity index (χ1) is 8.13. The molecule has 0 heterocycles. The first-order valence-corrected chi connectivity index (χ1v) is 7.03. The third kappa shape index (κ3) is 5.44. The molecule has 1 unspecified atom stereocenters. The zero-order chi connectivity index (χ0) is 12.7. The molecule has 0 radical (unpaired) electrons. The van der Waals surface area contributed by atoms with E-state index in [0.29, 0.717) is 19.2 Å². The molecule has 0 aliphatic carbocycles. The second kappa shape index (κ2) is 7.58. The van der Waals surface area contributed by atoms with Gasteiger partial charge in [0.05, 0.1) is 0 Å². The van der Waals surface area contributed by atoms with E-state index in [-0.39, 0.29) is 0 Å². The Morgan fingerprint density at radius 1 is 1.35 bits per heavy atom. The molecule has 0 fully saturated rings. The molecule has 1 rings (SSSR count). The summed E-state index contributed by atoms with van der Waals surface area (Å²) < 4.78 is 5.61. The average Bonchev–Trinajstić information content (AvgIpc) is 2.34. The summed E-state index contributed by atoms with van der Waals surface area (Å²) in [6, 6.07) is 8.24. The van der Waals surface area contributed by atoms with Gasteiger partial charge in [0.25, 0.3) is 0 Å². The van der Waals surface area contributed by atoms with E-state index in [1.807, 2.05) is 30.5 Å². The molecule has 0 saturated heterocycles. The molecule has 1 atom stereocenters. The standard InChI is InChI=1S/C13H21NO2S/c1-10(2)14-8-11(15)9-16-12-6-4-5-7-13(12)17-3/h4-7,10-11,14-15H,8-9H2,1-3H3. The SMILES string of the molecule is CSc1ccccc1OCC(O)CNC(C)C. The van der Waals surface area contributed by atoms with Crippen LogP contribution in [0.4, 0.5) is 0 Å². The van der Waals surface area contributed by atoms with Gasteiger partial charge in [-0.1, -0.05) is 26.0 Å². The third-order valence-corrected chi connectivity index (χ3v) is 3.04. The van der Waals surface area contributed by atoms with Gasteiger partial charge in [0.2, 0.25) is 0 Å². The fourth-order valence-electron chi connectivity index (χ4n) is 1.35. The molecular weight excluding hydrogens is 234 g/mol. The summed E-state index contributed by atoms with van der Waals surface area (Å²) in [5, 5.41) is 12.9. The molecule has 0 aromatic heterocycles. The number of hydrogen-bond acceptors (Lipinski definition) is 4. The van der Waals surface area contributed by atoms with Crippen LogP contribution in [-0.4, -0.2) is 36.7 Å². The Labute approximate surface area is 108 Å². The fourth-order valence-corrected chi connectivity index (χ4v) is 1.90. The van der Waals surface area contributed by atoms with Gasteiger partial charge in [-0.05, 0) is 18.4 Å². The lowest BCUT2D eigenvalue weighted by Crippen LogP contribution is -2.35. The largest absolute Gasteiger partial charge is 0.490 e. The lowest BCUT2D eigenvalue weighted by Gasteiger charge is -2.16. The summed E-state index contributed by atoms with van der Waals surface area (Å²) in [6.45, 7) is 4.98. The van der Waals surface area contributed by atoms with Crippen molar-refractivity contribution in [1.82, 2.24) is 5.32 Å². The number of para-hydroxylation sites is 1. The van der Waals surface area contributed by atoms with E-state index in [1.165, 1.54) is 0 Å².